The van der Waals surface area contributed by atoms with Gasteiger partial charge >= 0.3 is 5.63 Å². The highest BCUT2D eigenvalue weighted by Gasteiger charge is 2.34. The second kappa shape index (κ2) is 15.8. The second-order valence-electron chi connectivity index (χ2n) is 11.1. The van der Waals surface area contributed by atoms with Gasteiger partial charge in [0.15, 0.2) is 0 Å². The van der Waals surface area contributed by atoms with Gasteiger partial charge in [-0.3, -0.25) is 4.79 Å². The minimum atomic E-state index is -0.579. The summed E-state index contributed by atoms with van der Waals surface area (Å²) in [4.78, 5) is 28.9. The molecule has 1 aromatic heterocycles. The number of nitrogens with one attached hydrogen (secondary N) is 1. The molecule has 0 bridgehead atoms. The topological polar surface area (TPSA) is 95.1 Å². The lowest BCUT2D eigenvalue weighted by Gasteiger charge is -2.33. The number of carbonyl (C=O) groups excluding carboxylic acids is 1. The number of hydrogen-bond acceptors (Lipinski definition) is 6. The van der Waals surface area contributed by atoms with Gasteiger partial charge in [0.25, 0.3) is 0 Å². The first kappa shape index (κ1) is 31.7. The van der Waals surface area contributed by atoms with E-state index < -0.39 is 11.5 Å². The molecule has 4 rings (SSSR count). The third-order valence-electron chi connectivity index (χ3n) is 7.90. The Morgan fingerprint density at radius 1 is 0.907 bits per heavy atom. The third-order valence-corrected chi connectivity index (χ3v) is 7.90. The van der Waals surface area contributed by atoms with Crippen LogP contribution in [-0.4, -0.2) is 41.3 Å². The SMILES string of the molecule is CCCCN(CCCC)C[C@@H](/C(C)=N\NC(=O)Cc1ccccc1)[C@@H](c1ccccc1)c1c(O)c2ccccc2oc1=O. The molecule has 0 unspecified atom stereocenters. The van der Waals surface area contributed by atoms with Crippen LogP contribution in [0, 0.1) is 5.92 Å². The van der Waals surface area contributed by atoms with Crippen molar-refractivity contribution in [3.63, 3.8) is 0 Å². The van der Waals surface area contributed by atoms with E-state index in [2.05, 4.69) is 29.3 Å². The van der Waals surface area contributed by atoms with E-state index in [9.17, 15) is 14.7 Å². The Bertz CT molecular complexity index is 1540. The van der Waals surface area contributed by atoms with E-state index in [4.69, 9.17) is 4.42 Å². The molecule has 2 atom stereocenters. The number of carbonyl (C=O) groups is 1. The molecular weight excluding hydrogens is 538 g/mol. The van der Waals surface area contributed by atoms with Crippen LogP contribution in [0.5, 0.6) is 5.75 Å². The first-order chi connectivity index (χ1) is 20.9. The zero-order chi connectivity index (χ0) is 30.6. The maximum Gasteiger partial charge on any atom is 0.343 e. The lowest BCUT2D eigenvalue weighted by Crippen LogP contribution is -2.39. The first-order valence-electron chi connectivity index (χ1n) is 15.3. The van der Waals surface area contributed by atoms with Gasteiger partial charge in [-0.25, -0.2) is 10.2 Å². The van der Waals surface area contributed by atoms with E-state index >= 15 is 0 Å². The van der Waals surface area contributed by atoms with E-state index in [1.807, 2.05) is 73.7 Å². The number of rotatable bonds is 15. The van der Waals surface area contributed by atoms with E-state index in [0.717, 1.165) is 49.9 Å². The molecule has 1 heterocycles. The Balaban J connectivity index is 1.81. The predicted octanol–water partition coefficient (Wildman–Crippen LogP) is 6.88. The third kappa shape index (κ3) is 8.42. The molecule has 7 nitrogen and oxygen atoms in total. The van der Waals surface area contributed by atoms with Crippen molar-refractivity contribution in [1.29, 1.82) is 0 Å². The van der Waals surface area contributed by atoms with Crippen molar-refractivity contribution in [1.82, 2.24) is 10.3 Å². The Kier molecular flexibility index (Phi) is 11.7. The molecule has 7 heteroatoms. The normalized spacial score (nSPS) is 13.3. The van der Waals surface area contributed by atoms with Crippen molar-refractivity contribution in [3.05, 3.63) is 112 Å². The summed E-state index contributed by atoms with van der Waals surface area (Å²) < 4.78 is 5.77. The fourth-order valence-corrected chi connectivity index (χ4v) is 5.55. The number of aromatic hydroxyl groups is 1. The number of benzene rings is 3. The first-order valence-corrected chi connectivity index (χ1v) is 15.3. The number of hydrogen-bond donors (Lipinski definition) is 2. The highest BCUT2D eigenvalue weighted by atomic mass is 16.4. The molecule has 0 aliphatic carbocycles. The standard InChI is InChI=1S/C36H43N3O4/c1-4-6-22-39(23-7-5-2)25-30(26(3)37-38-32(40)24-27-16-10-8-11-17-27)33(28-18-12-9-13-19-28)34-35(41)29-20-14-15-21-31(29)43-36(34)42/h8-21,30,33,41H,4-7,22-25H2,1-3H3,(H,38,40)/b37-26-/t30-,33+/m0/s1. The number of hydrazone groups is 1. The van der Waals surface area contributed by atoms with Gasteiger partial charge in [0.1, 0.15) is 11.3 Å². The van der Waals surface area contributed by atoms with Gasteiger partial charge in [-0.1, -0.05) is 99.5 Å². The average molecular weight is 582 g/mol. The molecule has 4 aromatic rings. The summed E-state index contributed by atoms with van der Waals surface area (Å²) in [6, 6.07) is 26.3. The number of amides is 1. The van der Waals surface area contributed by atoms with E-state index in [1.165, 1.54) is 0 Å². The monoisotopic (exact) mass is 581 g/mol. The Labute approximate surface area is 254 Å². The van der Waals surface area contributed by atoms with Gasteiger partial charge in [0.2, 0.25) is 5.91 Å². The summed E-state index contributed by atoms with van der Waals surface area (Å²) in [5, 5.41) is 16.7. The predicted molar refractivity (Wildman–Crippen MR) is 174 cm³/mol. The maximum absolute atomic E-state index is 13.6. The van der Waals surface area contributed by atoms with E-state index in [1.54, 1.807) is 18.2 Å². The highest BCUT2D eigenvalue weighted by Crippen LogP contribution is 2.39. The highest BCUT2D eigenvalue weighted by molar-refractivity contribution is 5.89. The van der Waals surface area contributed by atoms with Gasteiger partial charge < -0.3 is 14.4 Å². The largest absolute Gasteiger partial charge is 0.507 e. The summed E-state index contributed by atoms with van der Waals surface area (Å²) in [6.07, 6.45) is 4.42. The summed E-state index contributed by atoms with van der Waals surface area (Å²) in [5.74, 6) is -1.21. The van der Waals surface area contributed by atoms with Crippen LogP contribution in [0.4, 0.5) is 0 Å². The molecule has 0 aliphatic rings. The van der Waals surface area contributed by atoms with Gasteiger partial charge in [-0.2, -0.15) is 5.10 Å². The lowest BCUT2D eigenvalue weighted by molar-refractivity contribution is -0.120. The quantitative estimate of drug-likeness (QED) is 0.0906. The van der Waals surface area contributed by atoms with Crippen LogP contribution in [0.3, 0.4) is 0 Å². The molecule has 0 saturated heterocycles. The fourth-order valence-electron chi connectivity index (χ4n) is 5.55. The van der Waals surface area contributed by atoms with Crippen LogP contribution in [0.2, 0.25) is 0 Å². The zero-order valence-corrected chi connectivity index (χ0v) is 25.5. The van der Waals surface area contributed by atoms with Crippen molar-refractivity contribution in [2.24, 2.45) is 11.0 Å². The lowest BCUT2D eigenvalue weighted by atomic mass is 9.78. The van der Waals surface area contributed by atoms with Crippen molar-refractivity contribution >= 4 is 22.6 Å². The van der Waals surface area contributed by atoms with E-state index in [-0.39, 0.29) is 29.6 Å². The Morgan fingerprint density at radius 2 is 1.51 bits per heavy atom. The molecule has 0 spiro atoms. The number of para-hydroxylation sites is 1. The molecule has 0 saturated carbocycles. The fraction of sp³-hybridized carbons (Fsp3) is 0.361. The number of fused-ring (bicyclic) bond motifs is 1. The van der Waals surface area contributed by atoms with Gasteiger partial charge in [0, 0.05) is 24.1 Å². The second-order valence-corrected chi connectivity index (χ2v) is 11.1. The minimum Gasteiger partial charge on any atom is -0.507 e. The average Bonchev–Trinajstić information content (AvgIpc) is 3.03. The van der Waals surface area contributed by atoms with Gasteiger partial charge in [-0.05, 0) is 56.1 Å². The molecule has 0 radical (unpaired) electrons. The van der Waals surface area contributed by atoms with Crippen LogP contribution in [0.1, 0.15) is 69.1 Å². The summed E-state index contributed by atoms with van der Waals surface area (Å²) in [5.41, 5.74) is 5.14. The van der Waals surface area contributed by atoms with Crippen molar-refractivity contribution in [3.8, 4) is 5.75 Å². The smallest absolute Gasteiger partial charge is 0.343 e. The van der Waals surface area contributed by atoms with Crippen molar-refractivity contribution in [2.75, 3.05) is 19.6 Å². The van der Waals surface area contributed by atoms with Crippen LogP contribution in [-0.2, 0) is 11.2 Å². The van der Waals surface area contributed by atoms with Crippen LogP contribution >= 0.6 is 0 Å². The molecule has 43 heavy (non-hydrogen) atoms. The molecular formula is C36H43N3O4. The van der Waals surface area contributed by atoms with Crippen LogP contribution in [0.25, 0.3) is 11.0 Å². The van der Waals surface area contributed by atoms with E-state index in [0.29, 0.717) is 23.2 Å². The summed E-state index contributed by atoms with van der Waals surface area (Å²) in [7, 11) is 0. The van der Waals surface area contributed by atoms with Gasteiger partial charge in [0.05, 0.1) is 17.4 Å². The van der Waals surface area contributed by atoms with Gasteiger partial charge in [-0.15, -0.1) is 0 Å². The van der Waals surface area contributed by atoms with Crippen LogP contribution < -0.4 is 11.1 Å². The number of nitrogens with zero attached hydrogens (tertiary/aromatic N) is 2. The van der Waals surface area contributed by atoms with Crippen molar-refractivity contribution in [2.45, 2.75) is 58.8 Å². The molecule has 1 amide bonds. The Morgan fingerprint density at radius 3 is 2.16 bits per heavy atom. The molecule has 0 aliphatic heterocycles. The van der Waals surface area contributed by atoms with Crippen molar-refractivity contribution < 1.29 is 14.3 Å². The summed E-state index contributed by atoms with van der Waals surface area (Å²) in [6.45, 7) is 8.64. The summed E-state index contributed by atoms with van der Waals surface area (Å²) >= 11 is 0. The number of unbranched alkanes of at least 4 members (excludes halogenated alkanes) is 2. The Hall–Kier alpha value is -4.23. The molecule has 2 N–H and O–H groups in total. The zero-order valence-electron chi connectivity index (χ0n) is 25.5. The molecule has 3 aromatic carbocycles. The maximum atomic E-state index is 13.6. The molecule has 0 fully saturated rings. The molecule has 226 valence electrons. The minimum absolute atomic E-state index is 0.0831. The van der Waals surface area contributed by atoms with Crippen LogP contribution in [0.15, 0.2) is 99.2 Å².